The minimum atomic E-state index is -0.339. The van der Waals surface area contributed by atoms with Gasteiger partial charge >= 0.3 is 0 Å². The van der Waals surface area contributed by atoms with E-state index in [9.17, 15) is 4.79 Å². The van der Waals surface area contributed by atoms with E-state index in [0.717, 1.165) is 10.2 Å². The van der Waals surface area contributed by atoms with Crippen molar-refractivity contribution in [1.82, 2.24) is 10.4 Å². The molecule has 1 aromatic carbocycles. The van der Waals surface area contributed by atoms with Crippen LogP contribution in [0.25, 0.3) is 0 Å². The maximum atomic E-state index is 12.2. The van der Waals surface area contributed by atoms with Crippen molar-refractivity contribution < 1.29 is 9.53 Å². The highest BCUT2D eigenvalue weighted by Gasteiger charge is 2.12. The van der Waals surface area contributed by atoms with Crippen molar-refractivity contribution in [2.24, 2.45) is 5.10 Å². The van der Waals surface area contributed by atoms with Crippen LogP contribution in [-0.2, 0) is 0 Å². The smallest absolute Gasteiger partial charge is 0.275 e. The molecular formula is C16H16BrN3O2. The maximum absolute atomic E-state index is 12.2. The molecule has 1 heterocycles. The third-order valence-electron chi connectivity index (χ3n) is 2.76. The van der Waals surface area contributed by atoms with Crippen LogP contribution in [0.15, 0.2) is 46.0 Å². The quantitative estimate of drug-likeness (QED) is 0.656. The van der Waals surface area contributed by atoms with Crippen LogP contribution in [-0.4, -0.2) is 23.7 Å². The van der Waals surface area contributed by atoms with Gasteiger partial charge in [-0.05, 0) is 44.2 Å². The number of halogens is 1. The van der Waals surface area contributed by atoms with Crippen molar-refractivity contribution in [1.29, 1.82) is 0 Å². The highest BCUT2D eigenvalue weighted by molar-refractivity contribution is 9.10. The van der Waals surface area contributed by atoms with Gasteiger partial charge < -0.3 is 4.74 Å². The zero-order valence-electron chi connectivity index (χ0n) is 12.3. The third kappa shape index (κ3) is 4.39. The molecule has 5 nitrogen and oxygen atoms in total. The van der Waals surface area contributed by atoms with Crippen LogP contribution in [0, 0.1) is 6.92 Å². The van der Waals surface area contributed by atoms with E-state index in [1.165, 1.54) is 6.21 Å². The van der Waals surface area contributed by atoms with Crippen LogP contribution in [0.4, 0.5) is 0 Å². The van der Waals surface area contributed by atoms with Crippen molar-refractivity contribution >= 4 is 28.1 Å². The Balaban J connectivity index is 2.10. The van der Waals surface area contributed by atoms with Crippen LogP contribution in [0.3, 0.4) is 0 Å². The fraction of sp³-hybridized carbons (Fsp3) is 0.188. The molecule has 0 unspecified atom stereocenters. The molecule has 22 heavy (non-hydrogen) atoms. The first kappa shape index (κ1) is 16.2. The summed E-state index contributed by atoms with van der Waals surface area (Å²) in [5.74, 6) is 0.181. The van der Waals surface area contributed by atoms with Crippen LogP contribution in [0.1, 0.15) is 28.7 Å². The minimum absolute atomic E-state index is 0.339. The molecule has 0 saturated heterocycles. The molecule has 0 aliphatic carbocycles. The Morgan fingerprint density at radius 2 is 2.23 bits per heavy atom. The first-order valence-electron chi connectivity index (χ1n) is 6.79. The normalized spacial score (nSPS) is 10.7. The Morgan fingerprint density at radius 3 is 2.95 bits per heavy atom. The summed E-state index contributed by atoms with van der Waals surface area (Å²) in [5, 5.41) is 3.93. The van der Waals surface area contributed by atoms with Crippen molar-refractivity contribution in [2.45, 2.75) is 13.8 Å². The summed E-state index contributed by atoms with van der Waals surface area (Å²) in [5.41, 5.74) is 4.47. The molecule has 2 rings (SSSR count). The number of nitrogens with one attached hydrogen (secondary N) is 1. The molecule has 0 radical (unpaired) electrons. The summed E-state index contributed by atoms with van der Waals surface area (Å²) in [6, 6.07) is 10.9. The Bertz CT molecular complexity index is 702. The summed E-state index contributed by atoms with van der Waals surface area (Å²) >= 11 is 3.34. The second kappa shape index (κ2) is 7.70. The molecule has 2 aromatic rings. The minimum Gasteiger partial charge on any atom is -0.493 e. The fourth-order valence-corrected chi connectivity index (χ4v) is 2.18. The van der Waals surface area contributed by atoms with E-state index >= 15 is 0 Å². The number of hydrazone groups is 1. The number of nitrogens with zero attached hydrogens (tertiary/aromatic N) is 2. The van der Waals surface area contributed by atoms with Crippen molar-refractivity contribution in [3.63, 3.8) is 0 Å². The fourth-order valence-electron chi connectivity index (χ4n) is 1.81. The number of carbonyl (C=O) groups is 1. The molecule has 0 atom stereocenters. The monoisotopic (exact) mass is 361 g/mol. The maximum Gasteiger partial charge on any atom is 0.275 e. The van der Waals surface area contributed by atoms with Gasteiger partial charge in [-0.3, -0.25) is 9.78 Å². The molecule has 0 aliphatic rings. The lowest BCUT2D eigenvalue weighted by atomic mass is 10.2. The third-order valence-corrected chi connectivity index (χ3v) is 3.25. The summed E-state index contributed by atoms with van der Waals surface area (Å²) in [6.07, 6.45) is 1.50. The van der Waals surface area contributed by atoms with Crippen LogP contribution >= 0.6 is 15.9 Å². The number of ether oxygens (including phenoxy) is 1. The Labute approximate surface area is 137 Å². The average molecular weight is 362 g/mol. The van der Waals surface area contributed by atoms with E-state index < -0.39 is 0 Å². The van der Waals surface area contributed by atoms with Crippen LogP contribution in [0.5, 0.6) is 5.75 Å². The molecule has 0 aliphatic heterocycles. The number of amides is 1. The second-order valence-corrected chi connectivity index (χ2v) is 5.39. The van der Waals surface area contributed by atoms with Crippen molar-refractivity contribution in [3.05, 3.63) is 57.8 Å². The number of aryl methyl sites for hydroxylation is 1. The van der Waals surface area contributed by atoms with Gasteiger partial charge in [0, 0.05) is 10.2 Å². The lowest BCUT2D eigenvalue weighted by molar-refractivity contribution is 0.0951. The number of pyridine rings is 1. The van der Waals surface area contributed by atoms with Crippen LogP contribution < -0.4 is 10.2 Å². The van der Waals surface area contributed by atoms with Crippen LogP contribution in [0.2, 0.25) is 0 Å². The van der Waals surface area contributed by atoms with E-state index in [4.69, 9.17) is 4.74 Å². The standard InChI is InChI=1S/C16H16BrN3O2/c1-3-22-15-8-7-12(17)9-14(15)16(21)20-18-10-13-6-4-5-11(2)19-13/h4-10H,3H2,1-2H3,(H,20,21)/b18-10-. The van der Waals surface area contributed by atoms with Gasteiger partial charge in [0.2, 0.25) is 0 Å². The van der Waals surface area contributed by atoms with Crippen molar-refractivity contribution in [2.75, 3.05) is 6.61 Å². The first-order chi connectivity index (χ1) is 10.6. The molecule has 1 N–H and O–H groups in total. The molecule has 0 bridgehead atoms. The van der Waals surface area contributed by atoms with Gasteiger partial charge in [0.1, 0.15) is 5.75 Å². The van der Waals surface area contributed by atoms with Gasteiger partial charge in [0.05, 0.1) is 24.1 Å². The first-order valence-corrected chi connectivity index (χ1v) is 7.59. The number of carbonyl (C=O) groups excluding carboxylic acids is 1. The van der Waals surface area contributed by atoms with Gasteiger partial charge in [-0.25, -0.2) is 5.43 Å². The van der Waals surface area contributed by atoms with E-state index in [1.807, 2.05) is 38.1 Å². The molecule has 0 spiro atoms. The second-order valence-electron chi connectivity index (χ2n) is 4.48. The summed E-state index contributed by atoms with van der Waals surface area (Å²) in [6.45, 7) is 4.25. The number of hydrogen-bond acceptors (Lipinski definition) is 4. The number of aromatic nitrogens is 1. The molecule has 1 amide bonds. The van der Waals surface area contributed by atoms with Gasteiger partial charge in [-0.2, -0.15) is 5.10 Å². The largest absolute Gasteiger partial charge is 0.493 e. The topological polar surface area (TPSA) is 63.6 Å². The highest BCUT2D eigenvalue weighted by Crippen LogP contribution is 2.23. The molecule has 1 aromatic heterocycles. The highest BCUT2D eigenvalue weighted by atomic mass is 79.9. The summed E-state index contributed by atoms with van der Waals surface area (Å²) in [4.78, 5) is 16.5. The number of rotatable bonds is 5. The molecule has 6 heteroatoms. The Morgan fingerprint density at radius 1 is 1.41 bits per heavy atom. The van der Waals surface area contributed by atoms with E-state index in [-0.39, 0.29) is 5.91 Å². The van der Waals surface area contributed by atoms with Gasteiger partial charge in [-0.1, -0.05) is 22.0 Å². The summed E-state index contributed by atoms with van der Waals surface area (Å²) < 4.78 is 6.24. The Kier molecular flexibility index (Phi) is 5.66. The molecule has 114 valence electrons. The predicted octanol–water partition coefficient (Wildman–Crippen LogP) is 3.32. The van der Waals surface area contributed by atoms with Gasteiger partial charge in [0.25, 0.3) is 5.91 Å². The Hall–Kier alpha value is -2.21. The summed E-state index contributed by atoms with van der Waals surface area (Å²) in [7, 11) is 0. The van der Waals surface area contributed by atoms with Crippen molar-refractivity contribution in [3.8, 4) is 5.75 Å². The zero-order valence-corrected chi connectivity index (χ0v) is 13.9. The SMILES string of the molecule is CCOc1ccc(Br)cc1C(=O)N/N=C\c1cccc(C)n1. The molecule has 0 saturated carbocycles. The zero-order chi connectivity index (χ0) is 15.9. The number of hydrogen-bond donors (Lipinski definition) is 1. The lowest BCUT2D eigenvalue weighted by Crippen LogP contribution is -2.19. The average Bonchev–Trinajstić information content (AvgIpc) is 2.49. The van der Waals surface area contributed by atoms with Gasteiger partial charge in [-0.15, -0.1) is 0 Å². The molecule has 0 fully saturated rings. The van der Waals surface area contributed by atoms with E-state index in [2.05, 4.69) is 31.4 Å². The van der Waals surface area contributed by atoms with E-state index in [0.29, 0.717) is 23.6 Å². The molecular weight excluding hydrogens is 346 g/mol. The lowest BCUT2D eigenvalue weighted by Gasteiger charge is -2.09. The van der Waals surface area contributed by atoms with Gasteiger partial charge in [0.15, 0.2) is 0 Å². The number of benzene rings is 1. The van der Waals surface area contributed by atoms with E-state index in [1.54, 1.807) is 12.1 Å². The predicted molar refractivity (Wildman–Crippen MR) is 89.3 cm³/mol.